The van der Waals surface area contributed by atoms with E-state index >= 15 is 0 Å². The average Bonchev–Trinajstić information content (AvgIpc) is 2.41. The third kappa shape index (κ3) is 3.46. The molecule has 0 radical (unpaired) electrons. The summed E-state index contributed by atoms with van der Waals surface area (Å²) >= 11 is 5.73. The second-order valence-corrected chi connectivity index (χ2v) is 6.64. The van der Waals surface area contributed by atoms with Crippen LogP contribution in [0.4, 0.5) is 5.82 Å². The minimum atomic E-state index is -3.74. The lowest BCUT2D eigenvalue weighted by Gasteiger charge is -2.13. The lowest BCUT2D eigenvalue weighted by molar-refractivity contribution is 0.410. The van der Waals surface area contributed by atoms with Crippen LogP contribution in [0.1, 0.15) is 11.1 Å². The molecule has 0 saturated carbocycles. The van der Waals surface area contributed by atoms with E-state index in [9.17, 15) is 8.42 Å². The summed E-state index contributed by atoms with van der Waals surface area (Å²) in [6.45, 7) is 3.59. The van der Waals surface area contributed by atoms with E-state index in [0.717, 1.165) is 5.56 Å². The maximum Gasteiger partial charge on any atom is 0.263 e. The monoisotopic (exact) mass is 326 g/mol. The van der Waals surface area contributed by atoms with Crippen LogP contribution in [-0.4, -0.2) is 20.5 Å². The number of nitrogens with zero attached hydrogens (tertiary/aromatic N) is 1. The van der Waals surface area contributed by atoms with Gasteiger partial charge in [0, 0.05) is 12.3 Å². The first kappa shape index (κ1) is 15.6. The number of nitrogens with one attached hydrogen (secondary N) is 1. The summed E-state index contributed by atoms with van der Waals surface area (Å²) in [6, 6.07) is 6.33. The van der Waals surface area contributed by atoms with E-state index in [4.69, 9.17) is 16.3 Å². The second kappa shape index (κ2) is 5.91. The molecule has 21 heavy (non-hydrogen) atoms. The minimum Gasteiger partial charge on any atom is -0.496 e. The standard InChI is InChI=1S/C14H15ClN2O3S/c1-9-6-10(2)13(7-12(9)20-3)21(18,19)17-14-5-4-11(15)8-16-14/h4-8H,1-3H3,(H,16,17). The van der Waals surface area contributed by atoms with E-state index in [1.165, 1.54) is 25.4 Å². The first-order valence-corrected chi connectivity index (χ1v) is 7.99. The number of aromatic nitrogens is 1. The third-order valence-corrected chi connectivity index (χ3v) is 4.67. The Balaban J connectivity index is 2.42. The first-order valence-electron chi connectivity index (χ1n) is 6.13. The van der Waals surface area contributed by atoms with Crippen molar-refractivity contribution in [2.24, 2.45) is 0 Å². The molecule has 2 rings (SSSR count). The Bertz CT molecular complexity index is 759. The SMILES string of the molecule is COc1cc(S(=O)(=O)Nc2ccc(Cl)cn2)c(C)cc1C. The molecule has 0 amide bonds. The number of rotatable bonds is 4. The molecule has 7 heteroatoms. The van der Waals surface area contributed by atoms with Gasteiger partial charge in [-0.15, -0.1) is 0 Å². The van der Waals surface area contributed by atoms with Gasteiger partial charge in [-0.2, -0.15) is 0 Å². The van der Waals surface area contributed by atoms with Gasteiger partial charge in [0.2, 0.25) is 0 Å². The Morgan fingerprint density at radius 2 is 1.90 bits per heavy atom. The molecular weight excluding hydrogens is 312 g/mol. The number of hydrogen-bond acceptors (Lipinski definition) is 4. The summed E-state index contributed by atoms with van der Waals surface area (Å²) in [5.41, 5.74) is 1.51. The molecule has 0 saturated heterocycles. The molecule has 0 spiro atoms. The molecule has 0 aliphatic carbocycles. The zero-order valence-electron chi connectivity index (χ0n) is 11.8. The normalized spacial score (nSPS) is 11.2. The number of sulfonamides is 1. The van der Waals surface area contributed by atoms with Gasteiger partial charge in [-0.25, -0.2) is 13.4 Å². The van der Waals surface area contributed by atoms with E-state index in [1.807, 2.05) is 6.92 Å². The summed E-state index contributed by atoms with van der Waals surface area (Å²) < 4.78 is 32.5. The van der Waals surface area contributed by atoms with Crippen molar-refractivity contribution in [3.8, 4) is 5.75 Å². The fourth-order valence-corrected chi connectivity index (χ4v) is 3.31. The molecular formula is C14H15ClN2O3S. The highest BCUT2D eigenvalue weighted by atomic mass is 35.5. The van der Waals surface area contributed by atoms with E-state index < -0.39 is 10.0 Å². The van der Waals surface area contributed by atoms with Crippen molar-refractivity contribution >= 4 is 27.4 Å². The van der Waals surface area contributed by atoms with Crippen molar-refractivity contribution in [2.45, 2.75) is 18.7 Å². The van der Waals surface area contributed by atoms with Crippen molar-refractivity contribution in [3.05, 3.63) is 46.6 Å². The van der Waals surface area contributed by atoms with Crippen LogP contribution in [0.2, 0.25) is 5.02 Å². The molecule has 1 aromatic heterocycles. The number of pyridine rings is 1. The molecule has 0 aliphatic heterocycles. The lowest BCUT2D eigenvalue weighted by Crippen LogP contribution is -2.15. The number of halogens is 1. The van der Waals surface area contributed by atoms with Crippen LogP contribution in [0, 0.1) is 13.8 Å². The molecule has 1 heterocycles. The van der Waals surface area contributed by atoms with Crippen molar-refractivity contribution in [3.63, 3.8) is 0 Å². The molecule has 2 aromatic rings. The zero-order valence-corrected chi connectivity index (χ0v) is 13.4. The fraction of sp³-hybridized carbons (Fsp3) is 0.214. The van der Waals surface area contributed by atoms with Gasteiger partial charge in [0.05, 0.1) is 17.0 Å². The number of ether oxygens (including phenoxy) is 1. The maximum absolute atomic E-state index is 12.4. The number of benzene rings is 1. The summed E-state index contributed by atoms with van der Waals surface area (Å²) in [5.74, 6) is 0.725. The highest BCUT2D eigenvalue weighted by Crippen LogP contribution is 2.27. The Morgan fingerprint density at radius 1 is 1.19 bits per heavy atom. The van der Waals surface area contributed by atoms with Crippen LogP contribution in [0.3, 0.4) is 0 Å². The number of anilines is 1. The van der Waals surface area contributed by atoms with Crippen LogP contribution < -0.4 is 9.46 Å². The molecule has 5 nitrogen and oxygen atoms in total. The fourth-order valence-electron chi connectivity index (χ4n) is 1.95. The average molecular weight is 327 g/mol. The largest absolute Gasteiger partial charge is 0.496 e. The summed E-state index contributed by atoms with van der Waals surface area (Å²) in [6.07, 6.45) is 1.38. The molecule has 0 unspecified atom stereocenters. The van der Waals surface area contributed by atoms with Gasteiger partial charge >= 0.3 is 0 Å². The van der Waals surface area contributed by atoms with Gasteiger partial charge in [-0.1, -0.05) is 17.7 Å². The highest BCUT2D eigenvalue weighted by Gasteiger charge is 2.19. The second-order valence-electron chi connectivity index (χ2n) is 4.55. The van der Waals surface area contributed by atoms with E-state index in [2.05, 4.69) is 9.71 Å². The Hall–Kier alpha value is -1.79. The maximum atomic E-state index is 12.4. The summed E-state index contributed by atoms with van der Waals surface area (Å²) in [7, 11) is -2.24. The lowest BCUT2D eigenvalue weighted by atomic mass is 10.1. The molecule has 0 aliphatic rings. The quantitative estimate of drug-likeness (QED) is 0.937. The topological polar surface area (TPSA) is 68.3 Å². The Morgan fingerprint density at radius 3 is 2.48 bits per heavy atom. The van der Waals surface area contributed by atoms with Gasteiger partial charge in [0.15, 0.2) is 0 Å². The summed E-state index contributed by atoms with van der Waals surface area (Å²) in [5, 5.41) is 0.436. The highest BCUT2D eigenvalue weighted by molar-refractivity contribution is 7.92. The Labute approximate surface area is 129 Å². The van der Waals surface area contributed by atoms with Crippen LogP contribution in [0.15, 0.2) is 35.4 Å². The molecule has 112 valence electrons. The van der Waals surface area contributed by atoms with Gasteiger partial charge in [-0.3, -0.25) is 4.72 Å². The van der Waals surface area contributed by atoms with Gasteiger partial charge in [0.1, 0.15) is 11.6 Å². The Kier molecular flexibility index (Phi) is 4.39. The molecule has 1 N–H and O–H groups in total. The van der Waals surface area contributed by atoms with Crippen molar-refractivity contribution in [2.75, 3.05) is 11.8 Å². The van der Waals surface area contributed by atoms with Gasteiger partial charge < -0.3 is 4.74 Å². The van der Waals surface area contributed by atoms with E-state index in [0.29, 0.717) is 16.3 Å². The summed E-state index contributed by atoms with van der Waals surface area (Å²) in [4.78, 5) is 4.08. The van der Waals surface area contributed by atoms with Crippen molar-refractivity contribution < 1.29 is 13.2 Å². The number of methoxy groups -OCH3 is 1. The van der Waals surface area contributed by atoms with Gasteiger partial charge in [0.25, 0.3) is 10.0 Å². The predicted octanol–water partition coefficient (Wildman–Crippen LogP) is 3.16. The van der Waals surface area contributed by atoms with Crippen LogP contribution in [0.5, 0.6) is 5.75 Å². The first-order chi connectivity index (χ1) is 9.83. The number of hydrogen-bond donors (Lipinski definition) is 1. The predicted molar refractivity (Wildman–Crippen MR) is 82.5 cm³/mol. The van der Waals surface area contributed by atoms with Gasteiger partial charge in [-0.05, 0) is 37.1 Å². The van der Waals surface area contributed by atoms with Crippen LogP contribution in [0.25, 0.3) is 0 Å². The number of aryl methyl sites for hydroxylation is 2. The molecule has 0 atom stereocenters. The minimum absolute atomic E-state index is 0.154. The van der Waals surface area contributed by atoms with E-state index in [-0.39, 0.29) is 10.7 Å². The molecule has 1 aromatic carbocycles. The molecule has 0 fully saturated rings. The van der Waals surface area contributed by atoms with Crippen LogP contribution >= 0.6 is 11.6 Å². The third-order valence-electron chi connectivity index (χ3n) is 2.95. The molecule has 0 bridgehead atoms. The zero-order chi connectivity index (χ0) is 15.6. The van der Waals surface area contributed by atoms with Crippen LogP contribution in [-0.2, 0) is 10.0 Å². The van der Waals surface area contributed by atoms with E-state index in [1.54, 1.807) is 19.1 Å². The van der Waals surface area contributed by atoms with Crippen molar-refractivity contribution in [1.29, 1.82) is 0 Å². The smallest absolute Gasteiger partial charge is 0.263 e. The van der Waals surface area contributed by atoms with Crippen molar-refractivity contribution in [1.82, 2.24) is 4.98 Å².